The van der Waals surface area contributed by atoms with E-state index in [1.54, 1.807) is 12.3 Å². The molecule has 0 saturated heterocycles. The summed E-state index contributed by atoms with van der Waals surface area (Å²) in [6.07, 6.45) is 1.77. The topological polar surface area (TPSA) is 67.8 Å². The maximum absolute atomic E-state index is 12.8. The number of fused-ring (bicyclic) bond motifs is 2. The van der Waals surface area contributed by atoms with Gasteiger partial charge in [0.25, 0.3) is 5.91 Å². The summed E-state index contributed by atoms with van der Waals surface area (Å²) in [7, 11) is 0. The summed E-state index contributed by atoms with van der Waals surface area (Å²) in [6, 6.07) is 21.2. The van der Waals surface area contributed by atoms with Gasteiger partial charge in [0, 0.05) is 22.8 Å². The van der Waals surface area contributed by atoms with Crippen LogP contribution >= 0.6 is 11.3 Å². The normalized spacial score (nSPS) is 11.1. The smallest absolute Gasteiger partial charge is 0.274 e. The number of carbonyl (C=O) groups excluding carboxylic acids is 1. The Labute approximate surface area is 171 Å². The van der Waals surface area contributed by atoms with E-state index in [4.69, 9.17) is 0 Å². The van der Waals surface area contributed by atoms with Gasteiger partial charge in [-0.1, -0.05) is 47.7 Å². The van der Waals surface area contributed by atoms with Gasteiger partial charge < -0.3 is 5.32 Å². The third-order valence-corrected chi connectivity index (χ3v) is 5.76. The summed E-state index contributed by atoms with van der Waals surface area (Å²) in [5.41, 5.74) is 4.72. The van der Waals surface area contributed by atoms with Crippen molar-refractivity contribution in [2.24, 2.45) is 0 Å². The molecule has 6 heteroatoms. The van der Waals surface area contributed by atoms with Crippen LogP contribution in [0.4, 0.5) is 5.69 Å². The maximum atomic E-state index is 12.8. The number of aromatic nitrogens is 3. The van der Waals surface area contributed by atoms with Gasteiger partial charge >= 0.3 is 0 Å². The van der Waals surface area contributed by atoms with Gasteiger partial charge in [0.15, 0.2) is 0 Å². The summed E-state index contributed by atoms with van der Waals surface area (Å²) in [5, 5.41) is 4.87. The number of anilines is 1. The number of para-hydroxylation sites is 1. The Morgan fingerprint density at radius 3 is 2.69 bits per heavy atom. The van der Waals surface area contributed by atoms with Gasteiger partial charge in [-0.15, -0.1) is 0 Å². The summed E-state index contributed by atoms with van der Waals surface area (Å²) in [4.78, 5) is 27.2. The average Bonchev–Trinajstić information content (AvgIpc) is 3.19. The molecule has 0 saturated carbocycles. The van der Waals surface area contributed by atoms with Crippen LogP contribution in [0.15, 0.2) is 72.9 Å². The molecule has 0 aliphatic carbocycles. The molecule has 5 aromatic rings. The molecule has 2 aromatic carbocycles. The van der Waals surface area contributed by atoms with E-state index < -0.39 is 0 Å². The fraction of sp³-hybridized carbons (Fsp3) is 0.0435. The van der Waals surface area contributed by atoms with Crippen LogP contribution in [0.2, 0.25) is 0 Å². The minimum atomic E-state index is -0.234. The molecule has 0 unspecified atom stereocenters. The average molecular weight is 396 g/mol. The summed E-state index contributed by atoms with van der Waals surface area (Å²) in [5.74, 6) is -0.234. The van der Waals surface area contributed by atoms with Crippen molar-refractivity contribution < 1.29 is 4.79 Å². The molecule has 0 radical (unpaired) electrons. The van der Waals surface area contributed by atoms with Gasteiger partial charge in [0.2, 0.25) is 0 Å². The monoisotopic (exact) mass is 396 g/mol. The second kappa shape index (κ2) is 7.07. The highest BCUT2D eigenvalue weighted by Gasteiger charge is 2.13. The molecule has 29 heavy (non-hydrogen) atoms. The van der Waals surface area contributed by atoms with Crippen LogP contribution < -0.4 is 5.32 Å². The SMILES string of the molecule is Cc1ccc(-c2nc3cccnc3s2)cc1NC(=O)c1ccc2ccccc2n1. The number of nitrogens with zero attached hydrogens (tertiary/aromatic N) is 3. The Morgan fingerprint density at radius 2 is 1.79 bits per heavy atom. The van der Waals surface area contributed by atoms with E-state index in [0.29, 0.717) is 5.69 Å². The Balaban J connectivity index is 1.47. The van der Waals surface area contributed by atoms with E-state index in [-0.39, 0.29) is 5.91 Å². The lowest BCUT2D eigenvalue weighted by atomic mass is 10.1. The highest BCUT2D eigenvalue weighted by atomic mass is 32.1. The molecule has 3 heterocycles. The Hall–Kier alpha value is -3.64. The highest BCUT2D eigenvalue weighted by Crippen LogP contribution is 2.31. The minimum Gasteiger partial charge on any atom is -0.320 e. The van der Waals surface area contributed by atoms with Crippen LogP contribution in [0.3, 0.4) is 0 Å². The predicted octanol–water partition coefficient (Wildman–Crippen LogP) is 5.47. The number of carbonyl (C=O) groups is 1. The zero-order valence-corrected chi connectivity index (χ0v) is 16.4. The molecule has 140 valence electrons. The van der Waals surface area contributed by atoms with E-state index in [9.17, 15) is 4.79 Å². The second-order valence-corrected chi connectivity index (χ2v) is 7.70. The predicted molar refractivity (Wildman–Crippen MR) is 117 cm³/mol. The van der Waals surface area contributed by atoms with Crippen molar-refractivity contribution in [1.29, 1.82) is 0 Å². The van der Waals surface area contributed by atoms with Crippen molar-refractivity contribution in [2.75, 3.05) is 5.32 Å². The van der Waals surface area contributed by atoms with Crippen molar-refractivity contribution in [1.82, 2.24) is 15.0 Å². The number of nitrogens with one attached hydrogen (secondary N) is 1. The number of thiazole rings is 1. The number of hydrogen-bond acceptors (Lipinski definition) is 5. The molecular formula is C23H16N4OS. The number of aryl methyl sites for hydroxylation is 1. The first-order chi connectivity index (χ1) is 14.2. The quantitative estimate of drug-likeness (QED) is 0.439. The van der Waals surface area contributed by atoms with Gasteiger partial charge in [-0.2, -0.15) is 0 Å². The first kappa shape index (κ1) is 17.5. The zero-order chi connectivity index (χ0) is 19.8. The lowest BCUT2D eigenvalue weighted by Crippen LogP contribution is -2.14. The fourth-order valence-corrected chi connectivity index (χ4v) is 4.07. The third kappa shape index (κ3) is 3.34. The van der Waals surface area contributed by atoms with Crippen LogP contribution in [-0.4, -0.2) is 20.9 Å². The van der Waals surface area contributed by atoms with Crippen LogP contribution in [-0.2, 0) is 0 Å². The van der Waals surface area contributed by atoms with E-state index in [1.165, 1.54) is 11.3 Å². The molecule has 0 fully saturated rings. The Morgan fingerprint density at radius 1 is 0.931 bits per heavy atom. The number of benzene rings is 2. The molecular weight excluding hydrogens is 380 g/mol. The van der Waals surface area contributed by atoms with Gasteiger partial charge in [-0.25, -0.2) is 15.0 Å². The number of pyridine rings is 2. The molecule has 5 nitrogen and oxygen atoms in total. The number of rotatable bonds is 3. The Kier molecular flexibility index (Phi) is 4.26. The zero-order valence-electron chi connectivity index (χ0n) is 15.6. The maximum Gasteiger partial charge on any atom is 0.274 e. The lowest BCUT2D eigenvalue weighted by molar-refractivity contribution is 0.102. The number of hydrogen-bond donors (Lipinski definition) is 1. The largest absolute Gasteiger partial charge is 0.320 e. The van der Waals surface area contributed by atoms with Crippen LogP contribution in [0, 0.1) is 6.92 Å². The van der Waals surface area contributed by atoms with Gasteiger partial charge in [-0.05, 0) is 42.8 Å². The van der Waals surface area contributed by atoms with E-state index in [1.807, 2.05) is 67.6 Å². The molecule has 0 bridgehead atoms. The van der Waals surface area contributed by atoms with Crippen molar-refractivity contribution in [2.45, 2.75) is 6.92 Å². The number of amides is 1. The van der Waals surface area contributed by atoms with Crippen LogP contribution in [0.1, 0.15) is 16.1 Å². The Bertz CT molecular complexity index is 1340. The fourth-order valence-electron chi connectivity index (χ4n) is 3.16. The van der Waals surface area contributed by atoms with Gasteiger partial charge in [0.1, 0.15) is 21.0 Å². The summed E-state index contributed by atoms with van der Waals surface area (Å²) in [6.45, 7) is 1.97. The molecule has 0 spiro atoms. The van der Waals surface area contributed by atoms with Crippen molar-refractivity contribution in [3.05, 3.63) is 84.2 Å². The molecule has 1 amide bonds. The van der Waals surface area contributed by atoms with Crippen molar-refractivity contribution in [3.8, 4) is 10.6 Å². The molecule has 1 N–H and O–H groups in total. The molecule has 5 rings (SSSR count). The van der Waals surface area contributed by atoms with E-state index >= 15 is 0 Å². The molecule has 0 aliphatic rings. The third-order valence-electron chi connectivity index (χ3n) is 4.73. The standard InChI is InChI=1S/C23H16N4OS/c1-14-8-9-16(22-27-19-7-4-12-24-23(19)29-22)13-20(14)26-21(28)18-11-10-15-5-2-3-6-17(15)25-18/h2-13H,1H3,(H,26,28). The molecule has 0 atom stereocenters. The molecule has 3 aromatic heterocycles. The highest BCUT2D eigenvalue weighted by molar-refractivity contribution is 7.21. The minimum absolute atomic E-state index is 0.234. The molecule has 0 aliphatic heterocycles. The first-order valence-electron chi connectivity index (χ1n) is 9.17. The van der Waals surface area contributed by atoms with Crippen LogP contribution in [0.25, 0.3) is 31.8 Å². The van der Waals surface area contributed by atoms with Crippen molar-refractivity contribution in [3.63, 3.8) is 0 Å². The van der Waals surface area contributed by atoms with Gasteiger partial charge in [0.05, 0.1) is 5.52 Å². The van der Waals surface area contributed by atoms with E-state index in [2.05, 4.69) is 20.3 Å². The first-order valence-corrected chi connectivity index (χ1v) is 9.99. The summed E-state index contributed by atoms with van der Waals surface area (Å²) < 4.78 is 0. The summed E-state index contributed by atoms with van der Waals surface area (Å²) >= 11 is 1.53. The van der Waals surface area contributed by atoms with Gasteiger partial charge in [-0.3, -0.25) is 4.79 Å². The lowest BCUT2D eigenvalue weighted by Gasteiger charge is -2.10. The van der Waals surface area contributed by atoms with Crippen LogP contribution in [0.5, 0.6) is 0 Å². The second-order valence-electron chi connectivity index (χ2n) is 6.72. The van der Waals surface area contributed by atoms with Crippen molar-refractivity contribution >= 4 is 44.2 Å². The van der Waals surface area contributed by atoms with E-state index in [0.717, 1.165) is 43.1 Å².